The molecule has 0 bridgehead atoms. The van der Waals surface area contributed by atoms with Crippen LogP contribution in [-0.4, -0.2) is 23.1 Å². The molecule has 4 heteroatoms. The first-order chi connectivity index (χ1) is 9.38. The van der Waals surface area contributed by atoms with Crippen LogP contribution in [0.25, 0.3) is 0 Å². The third kappa shape index (κ3) is 4.58. The number of nitrogens with one attached hydrogen (secondary N) is 2. The first-order valence-corrected chi connectivity index (χ1v) is 6.72. The molecule has 0 saturated carbocycles. The van der Waals surface area contributed by atoms with Crippen molar-refractivity contribution in [1.29, 1.82) is 0 Å². The van der Waals surface area contributed by atoms with Crippen LogP contribution in [0.2, 0.25) is 0 Å². The quantitative estimate of drug-likeness (QED) is 0.799. The summed E-state index contributed by atoms with van der Waals surface area (Å²) in [5, 5.41) is 6.62. The molecule has 0 fully saturated rings. The van der Waals surface area contributed by atoms with Gasteiger partial charge in [0.15, 0.2) is 0 Å². The molecule has 0 radical (unpaired) electrons. The maximum absolute atomic E-state index is 4.51. The number of hydrogen-bond donors (Lipinski definition) is 2. The minimum Gasteiger partial charge on any atom is -0.370 e. The first-order valence-electron chi connectivity index (χ1n) is 6.72. The monoisotopic (exact) mass is 256 g/mol. The summed E-state index contributed by atoms with van der Waals surface area (Å²) in [5.74, 6) is 1.84. The van der Waals surface area contributed by atoms with Gasteiger partial charge in [0.25, 0.3) is 0 Å². The molecule has 0 aromatic carbocycles. The van der Waals surface area contributed by atoms with Gasteiger partial charge in [0.1, 0.15) is 11.6 Å². The van der Waals surface area contributed by atoms with E-state index in [0.717, 1.165) is 37.6 Å². The number of pyridine rings is 2. The van der Waals surface area contributed by atoms with Crippen LogP contribution in [0.15, 0.2) is 42.7 Å². The van der Waals surface area contributed by atoms with E-state index in [1.54, 1.807) is 0 Å². The normalized spacial score (nSPS) is 10.2. The Labute approximate surface area is 114 Å². The molecule has 0 unspecified atom stereocenters. The van der Waals surface area contributed by atoms with Crippen molar-refractivity contribution in [3.63, 3.8) is 0 Å². The van der Waals surface area contributed by atoms with Gasteiger partial charge in [-0.15, -0.1) is 0 Å². The van der Waals surface area contributed by atoms with Crippen LogP contribution in [0, 0.1) is 0 Å². The van der Waals surface area contributed by atoms with Gasteiger partial charge in [0.2, 0.25) is 0 Å². The highest BCUT2D eigenvalue weighted by Gasteiger charge is 1.97. The highest BCUT2D eigenvalue weighted by Crippen LogP contribution is 2.09. The maximum Gasteiger partial charge on any atom is 0.128 e. The zero-order valence-corrected chi connectivity index (χ0v) is 11.3. The summed E-state index contributed by atoms with van der Waals surface area (Å²) in [4.78, 5) is 8.52. The molecule has 2 rings (SSSR count). The van der Waals surface area contributed by atoms with Crippen LogP contribution in [-0.2, 0) is 6.42 Å². The lowest BCUT2D eigenvalue weighted by atomic mass is 10.2. The number of anilines is 2. The van der Waals surface area contributed by atoms with E-state index in [1.807, 2.05) is 42.7 Å². The SMILES string of the molecule is CCCNc1cccc(NCCc2ccncc2)n1. The van der Waals surface area contributed by atoms with E-state index in [0.29, 0.717) is 0 Å². The van der Waals surface area contributed by atoms with Gasteiger partial charge >= 0.3 is 0 Å². The van der Waals surface area contributed by atoms with Gasteiger partial charge in [-0.25, -0.2) is 4.98 Å². The molecule has 0 aliphatic carbocycles. The molecular formula is C15H20N4. The lowest BCUT2D eigenvalue weighted by Crippen LogP contribution is -2.08. The summed E-state index contributed by atoms with van der Waals surface area (Å²) in [6, 6.07) is 10.1. The van der Waals surface area contributed by atoms with E-state index >= 15 is 0 Å². The van der Waals surface area contributed by atoms with Crippen LogP contribution in [0.1, 0.15) is 18.9 Å². The van der Waals surface area contributed by atoms with Crippen LogP contribution in [0.4, 0.5) is 11.6 Å². The van der Waals surface area contributed by atoms with E-state index in [2.05, 4.69) is 27.5 Å². The predicted molar refractivity (Wildman–Crippen MR) is 79.4 cm³/mol. The van der Waals surface area contributed by atoms with Crippen molar-refractivity contribution in [2.75, 3.05) is 23.7 Å². The Kier molecular flexibility index (Phi) is 5.17. The van der Waals surface area contributed by atoms with Crippen molar-refractivity contribution in [2.45, 2.75) is 19.8 Å². The van der Waals surface area contributed by atoms with Gasteiger partial charge in [0.05, 0.1) is 0 Å². The van der Waals surface area contributed by atoms with Crippen LogP contribution in [0.3, 0.4) is 0 Å². The molecule has 2 heterocycles. The summed E-state index contributed by atoms with van der Waals surface area (Å²) >= 11 is 0. The number of nitrogens with zero attached hydrogens (tertiary/aromatic N) is 2. The minimum absolute atomic E-state index is 0.869. The zero-order valence-electron chi connectivity index (χ0n) is 11.3. The Morgan fingerprint density at radius 3 is 2.32 bits per heavy atom. The third-order valence-electron chi connectivity index (χ3n) is 2.77. The Morgan fingerprint density at radius 1 is 0.947 bits per heavy atom. The number of rotatable bonds is 7. The van der Waals surface area contributed by atoms with Crippen LogP contribution < -0.4 is 10.6 Å². The highest BCUT2D eigenvalue weighted by molar-refractivity contribution is 5.45. The second kappa shape index (κ2) is 7.36. The molecular weight excluding hydrogens is 236 g/mol. The predicted octanol–water partition coefficient (Wildman–Crippen LogP) is 2.95. The van der Waals surface area contributed by atoms with E-state index in [1.165, 1.54) is 5.56 Å². The van der Waals surface area contributed by atoms with Gasteiger partial charge < -0.3 is 10.6 Å². The van der Waals surface area contributed by atoms with Gasteiger partial charge in [0, 0.05) is 25.5 Å². The Morgan fingerprint density at radius 2 is 1.63 bits per heavy atom. The third-order valence-corrected chi connectivity index (χ3v) is 2.77. The summed E-state index contributed by atoms with van der Waals surface area (Å²) in [6.07, 6.45) is 5.71. The van der Waals surface area contributed by atoms with Gasteiger partial charge in [-0.3, -0.25) is 4.98 Å². The second-order valence-electron chi connectivity index (χ2n) is 4.37. The van der Waals surface area contributed by atoms with E-state index < -0.39 is 0 Å². The Hall–Kier alpha value is -2.10. The van der Waals surface area contributed by atoms with Crippen molar-refractivity contribution < 1.29 is 0 Å². The lowest BCUT2D eigenvalue weighted by Gasteiger charge is -2.08. The molecule has 100 valence electrons. The van der Waals surface area contributed by atoms with Crippen molar-refractivity contribution in [1.82, 2.24) is 9.97 Å². The average molecular weight is 256 g/mol. The van der Waals surface area contributed by atoms with Crippen molar-refractivity contribution >= 4 is 11.6 Å². The largest absolute Gasteiger partial charge is 0.370 e. The van der Waals surface area contributed by atoms with Crippen molar-refractivity contribution in [3.8, 4) is 0 Å². The Bertz CT molecular complexity index is 485. The summed E-state index contributed by atoms with van der Waals surface area (Å²) in [7, 11) is 0. The highest BCUT2D eigenvalue weighted by atomic mass is 15.1. The average Bonchev–Trinajstić information content (AvgIpc) is 2.47. The standard InChI is InChI=1S/C15H20N4/c1-2-9-17-14-4-3-5-15(19-14)18-12-8-13-6-10-16-11-7-13/h3-7,10-11H,2,8-9,12H2,1H3,(H2,17,18,19). The minimum atomic E-state index is 0.869. The fourth-order valence-corrected chi connectivity index (χ4v) is 1.77. The lowest BCUT2D eigenvalue weighted by molar-refractivity contribution is 0.964. The topological polar surface area (TPSA) is 49.8 Å². The molecule has 2 aromatic heterocycles. The van der Waals surface area contributed by atoms with Gasteiger partial charge in [-0.05, 0) is 42.7 Å². The molecule has 4 nitrogen and oxygen atoms in total. The molecule has 0 amide bonds. The molecule has 0 aliphatic heterocycles. The summed E-state index contributed by atoms with van der Waals surface area (Å²) in [5.41, 5.74) is 1.28. The number of aromatic nitrogens is 2. The van der Waals surface area contributed by atoms with E-state index in [-0.39, 0.29) is 0 Å². The summed E-state index contributed by atoms with van der Waals surface area (Å²) < 4.78 is 0. The molecule has 2 N–H and O–H groups in total. The van der Waals surface area contributed by atoms with Crippen molar-refractivity contribution in [3.05, 3.63) is 48.3 Å². The van der Waals surface area contributed by atoms with E-state index in [9.17, 15) is 0 Å². The van der Waals surface area contributed by atoms with Crippen LogP contribution in [0.5, 0.6) is 0 Å². The van der Waals surface area contributed by atoms with Crippen molar-refractivity contribution in [2.24, 2.45) is 0 Å². The summed E-state index contributed by atoms with van der Waals surface area (Å²) in [6.45, 7) is 3.96. The zero-order chi connectivity index (χ0) is 13.3. The molecule has 0 saturated heterocycles. The Balaban J connectivity index is 1.82. The second-order valence-corrected chi connectivity index (χ2v) is 4.37. The van der Waals surface area contributed by atoms with Crippen LogP contribution >= 0.6 is 0 Å². The van der Waals surface area contributed by atoms with Gasteiger partial charge in [-0.2, -0.15) is 0 Å². The van der Waals surface area contributed by atoms with E-state index in [4.69, 9.17) is 0 Å². The fourth-order valence-electron chi connectivity index (χ4n) is 1.77. The first kappa shape index (κ1) is 13.3. The van der Waals surface area contributed by atoms with Gasteiger partial charge in [-0.1, -0.05) is 13.0 Å². The molecule has 19 heavy (non-hydrogen) atoms. The smallest absolute Gasteiger partial charge is 0.128 e. The molecule has 0 aliphatic rings. The fraction of sp³-hybridized carbons (Fsp3) is 0.333. The molecule has 0 spiro atoms. The molecule has 0 atom stereocenters. The number of hydrogen-bond acceptors (Lipinski definition) is 4. The maximum atomic E-state index is 4.51. The molecule has 2 aromatic rings.